The number of methoxy groups -OCH3 is 1. The average Bonchev–Trinajstić information content (AvgIpc) is 2.61. The van der Waals surface area contributed by atoms with Crippen LogP contribution in [0.1, 0.15) is 11.1 Å². The second kappa shape index (κ2) is 8.70. The second-order valence-electron chi connectivity index (χ2n) is 5.58. The van der Waals surface area contributed by atoms with E-state index >= 15 is 0 Å². The molecule has 0 atom stereocenters. The van der Waals surface area contributed by atoms with E-state index in [4.69, 9.17) is 16.3 Å². The van der Waals surface area contributed by atoms with Gasteiger partial charge in [0.25, 0.3) is 5.69 Å². The topological polar surface area (TPSA) is 81.5 Å². The third-order valence-electron chi connectivity index (χ3n) is 3.60. The number of carbonyl (C=O) groups excluding carboxylic acids is 1. The normalized spacial score (nSPS) is 11.2. The molecule has 0 aliphatic carbocycles. The SMILES string of the molecule is COc1cc(Cl)c(C)cc1NC(=O)CSc1ccc(C(F)(F)F)cc1[N+](=O)[O-]. The van der Waals surface area contributed by atoms with Gasteiger partial charge < -0.3 is 10.1 Å². The molecule has 2 aromatic carbocycles. The minimum atomic E-state index is -4.70. The number of amides is 1. The van der Waals surface area contributed by atoms with Gasteiger partial charge in [0.15, 0.2) is 0 Å². The maximum Gasteiger partial charge on any atom is 0.416 e. The second-order valence-corrected chi connectivity index (χ2v) is 7.00. The Morgan fingerprint density at radius 2 is 2.00 bits per heavy atom. The van der Waals surface area contributed by atoms with E-state index in [1.54, 1.807) is 13.0 Å². The Bertz CT molecular complexity index is 922. The van der Waals surface area contributed by atoms with Gasteiger partial charge in [-0.15, -0.1) is 11.8 Å². The van der Waals surface area contributed by atoms with E-state index in [0.29, 0.717) is 28.1 Å². The summed E-state index contributed by atoms with van der Waals surface area (Å²) in [5.74, 6) is -0.439. The van der Waals surface area contributed by atoms with Crippen molar-refractivity contribution in [3.05, 3.63) is 56.6 Å². The summed E-state index contributed by atoms with van der Waals surface area (Å²) in [4.78, 5) is 22.3. The van der Waals surface area contributed by atoms with Crippen LogP contribution in [-0.4, -0.2) is 23.7 Å². The van der Waals surface area contributed by atoms with Gasteiger partial charge in [-0.25, -0.2) is 0 Å². The molecule has 0 aromatic heterocycles. The number of hydrogen-bond acceptors (Lipinski definition) is 5. The Morgan fingerprint density at radius 3 is 2.57 bits per heavy atom. The van der Waals surface area contributed by atoms with Crippen LogP contribution in [0.25, 0.3) is 0 Å². The maximum absolute atomic E-state index is 12.7. The van der Waals surface area contributed by atoms with E-state index in [9.17, 15) is 28.1 Å². The predicted octanol–water partition coefficient (Wildman–Crippen LogP) is 5.31. The van der Waals surface area contributed by atoms with Crippen LogP contribution in [-0.2, 0) is 11.0 Å². The van der Waals surface area contributed by atoms with Gasteiger partial charge >= 0.3 is 6.18 Å². The number of ether oxygens (including phenoxy) is 1. The number of nitrogens with one attached hydrogen (secondary N) is 1. The van der Waals surface area contributed by atoms with Crippen molar-refractivity contribution >= 4 is 40.6 Å². The molecule has 0 unspecified atom stereocenters. The van der Waals surface area contributed by atoms with E-state index < -0.39 is 28.3 Å². The van der Waals surface area contributed by atoms with Crippen LogP contribution in [0.3, 0.4) is 0 Å². The van der Waals surface area contributed by atoms with Crippen molar-refractivity contribution in [2.75, 3.05) is 18.2 Å². The first-order valence-electron chi connectivity index (χ1n) is 7.65. The highest BCUT2D eigenvalue weighted by Crippen LogP contribution is 2.37. The van der Waals surface area contributed by atoms with Gasteiger partial charge in [0.2, 0.25) is 5.91 Å². The molecule has 0 radical (unpaired) electrons. The Morgan fingerprint density at radius 1 is 1.32 bits per heavy atom. The lowest BCUT2D eigenvalue weighted by Gasteiger charge is -2.12. The van der Waals surface area contributed by atoms with Crippen molar-refractivity contribution in [2.24, 2.45) is 0 Å². The average molecular weight is 435 g/mol. The van der Waals surface area contributed by atoms with Gasteiger partial charge in [-0.05, 0) is 30.7 Å². The van der Waals surface area contributed by atoms with Gasteiger partial charge in [0, 0.05) is 17.2 Å². The fourth-order valence-electron chi connectivity index (χ4n) is 2.22. The van der Waals surface area contributed by atoms with Crippen molar-refractivity contribution in [2.45, 2.75) is 18.0 Å². The number of carbonyl (C=O) groups is 1. The van der Waals surface area contributed by atoms with Crippen LogP contribution in [0.5, 0.6) is 5.75 Å². The number of nitro benzene ring substituents is 1. The van der Waals surface area contributed by atoms with Crippen LogP contribution in [0.4, 0.5) is 24.5 Å². The van der Waals surface area contributed by atoms with Crippen molar-refractivity contribution in [3.63, 3.8) is 0 Å². The molecule has 2 rings (SSSR count). The Balaban J connectivity index is 2.15. The molecule has 11 heteroatoms. The highest BCUT2D eigenvalue weighted by Gasteiger charge is 2.33. The Kier molecular flexibility index (Phi) is 6.78. The maximum atomic E-state index is 12.7. The highest BCUT2D eigenvalue weighted by molar-refractivity contribution is 8.00. The van der Waals surface area contributed by atoms with Crippen molar-refractivity contribution in [3.8, 4) is 5.75 Å². The number of nitrogens with zero attached hydrogens (tertiary/aromatic N) is 1. The molecule has 0 fully saturated rings. The molecule has 0 saturated heterocycles. The summed E-state index contributed by atoms with van der Waals surface area (Å²) in [6.07, 6.45) is -4.70. The summed E-state index contributed by atoms with van der Waals surface area (Å²) in [5, 5.41) is 14.1. The Hall–Kier alpha value is -2.46. The molecule has 0 saturated carbocycles. The van der Waals surface area contributed by atoms with Gasteiger partial charge in [-0.2, -0.15) is 13.2 Å². The molecule has 0 spiro atoms. The fraction of sp³-hybridized carbons (Fsp3) is 0.235. The summed E-state index contributed by atoms with van der Waals surface area (Å²) in [5.41, 5.74) is -0.789. The van der Waals surface area contributed by atoms with Crippen molar-refractivity contribution < 1.29 is 27.6 Å². The lowest BCUT2D eigenvalue weighted by Crippen LogP contribution is -2.15. The zero-order chi connectivity index (χ0) is 21.1. The lowest BCUT2D eigenvalue weighted by molar-refractivity contribution is -0.388. The number of rotatable bonds is 6. The number of alkyl halides is 3. The van der Waals surface area contributed by atoms with Crippen LogP contribution in [0.15, 0.2) is 35.2 Å². The highest BCUT2D eigenvalue weighted by atomic mass is 35.5. The number of thioether (sulfide) groups is 1. The first-order valence-corrected chi connectivity index (χ1v) is 9.01. The molecule has 0 aliphatic heterocycles. The molecule has 0 heterocycles. The smallest absolute Gasteiger partial charge is 0.416 e. The standard InChI is InChI=1S/C17H14ClF3N2O4S/c1-9-5-12(14(27-2)7-11(9)18)22-16(24)8-28-15-4-3-10(17(19,20)21)6-13(15)23(25)26/h3-7H,8H2,1-2H3,(H,22,24). The quantitative estimate of drug-likeness (QED) is 0.378. The van der Waals surface area contributed by atoms with Crippen molar-refractivity contribution in [1.82, 2.24) is 0 Å². The fourth-order valence-corrected chi connectivity index (χ4v) is 3.18. The van der Waals surface area contributed by atoms with Gasteiger partial charge in [-0.1, -0.05) is 11.6 Å². The number of nitro groups is 1. The number of halogens is 4. The van der Waals surface area contributed by atoms with Crippen LogP contribution < -0.4 is 10.1 Å². The first-order chi connectivity index (χ1) is 13.0. The number of benzene rings is 2. The molecule has 150 valence electrons. The molecular weight excluding hydrogens is 421 g/mol. The van der Waals surface area contributed by atoms with Crippen molar-refractivity contribution in [1.29, 1.82) is 0 Å². The summed E-state index contributed by atoms with van der Waals surface area (Å²) >= 11 is 6.75. The number of hydrogen-bond donors (Lipinski definition) is 1. The molecule has 1 amide bonds. The minimum Gasteiger partial charge on any atom is -0.495 e. The van der Waals surface area contributed by atoms with Crippen LogP contribution in [0.2, 0.25) is 5.02 Å². The lowest BCUT2D eigenvalue weighted by atomic mass is 10.2. The molecule has 0 aliphatic rings. The van der Waals surface area contributed by atoms with Crippen LogP contribution >= 0.6 is 23.4 Å². The summed E-state index contributed by atoms with van der Waals surface area (Å²) in [6, 6.07) is 5.29. The molecule has 6 nitrogen and oxygen atoms in total. The summed E-state index contributed by atoms with van der Waals surface area (Å²) < 4.78 is 43.3. The monoisotopic (exact) mass is 434 g/mol. The van der Waals surface area contributed by atoms with E-state index in [1.165, 1.54) is 13.2 Å². The van der Waals surface area contributed by atoms with Gasteiger partial charge in [0.05, 0.1) is 33.9 Å². The van der Waals surface area contributed by atoms with E-state index in [0.717, 1.165) is 23.9 Å². The zero-order valence-corrected chi connectivity index (χ0v) is 16.2. The third kappa shape index (κ3) is 5.29. The largest absolute Gasteiger partial charge is 0.495 e. The molecular formula is C17H14ClF3N2O4S. The Labute approximate surface area is 167 Å². The van der Waals surface area contributed by atoms with E-state index in [-0.39, 0.29) is 10.6 Å². The summed E-state index contributed by atoms with van der Waals surface area (Å²) in [6.45, 7) is 1.73. The first kappa shape index (κ1) is 21.8. The van der Waals surface area contributed by atoms with E-state index in [1.807, 2.05) is 0 Å². The molecule has 2 aromatic rings. The van der Waals surface area contributed by atoms with Gasteiger partial charge in [0.1, 0.15) is 5.75 Å². The number of aryl methyl sites for hydroxylation is 1. The predicted molar refractivity (Wildman–Crippen MR) is 100 cm³/mol. The summed E-state index contributed by atoms with van der Waals surface area (Å²) in [7, 11) is 1.40. The van der Waals surface area contributed by atoms with Gasteiger partial charge in [-0.3, -0.25) is 14.9 Å². The minimum absolute atomic E-state index is 0.0487. The molecule has 0 bridgehead atoms. The third-order valence-corrected chi connectivity index (χ3v) is 5.07. The van der Waals surface area contributed by atoms with Crippen LogP contribution in [0, 0.1) is 17.0 Å². The molecule has 1 N–H and O–H groups in total. The number of anilines is 1. The van der Waals surface area contributed by atoms with E-state index in [2.05, 4.69) is 5.32 Å². The molecule has 28 heavy (non-hydrogen) atoms. The zero-order valence-electron chi connectivity index (χ0n) is 14.6.